The lowest BCUT2D eigenvalue weighted by Crippen LogP contribution is -2.60. The molecule has 0 bridgehead atoms. The third-order valence-electron chi connectivity index (χ3n) is 3.12. The predicted octanol–water partition coefficient (Wildman–Crippen LogP) is -1.15. The molecule has 20 heavy (non-hydrogen) atoms. The van der Waals surface area contributed by atoms with Crippen molar-refractivity contribution in [2.45, 2.75) is 30.7 Å². The minimum absolute atomic E-state index is 0.383. The van der Waals surface area contributed by atoms with Gasteiger partial charge in [-0.1, -0.05) is 5.92 Å². The van der Waals surface area contributed by atoms with Crippen molar-refractivity contribution in [1.82, 2.24) is 0 Å². The maximum atomic E-state index is 9.81. The van der Waals surface area contributed by atoms with Crippen molar-refractivity contribution in [3.05, 3.63) is 29.8 Å². The summed E-state index contributed by atoms with van der Waals surface area (Å²) < 4.78 is 10.6. The highest BCUT2D eigenvalue weighted by Crippen LogP contribution is 2.24. The SMILES string of the molecule is C#Cc1ccc(O[C@@H]2O[C@H](CO)[C@@H](O)[C@H](O)[C@H]2O)cc1. The van der Waals surface area contributed by atoms with Crippen LogP contribution >= 0.6 is 0 Å². The Morgan fingerprint density at radius 3 is 2.30 bits per heavy atom. The highest BCUT2D eigenvalue weighted by molar-refractivity contribution is 5.36. The fourth-order valence-corrected chi connectivity index (χ4v) is 1.93. The second-order valence-electron chi connectivity index (χ2n) is 4.48. The van der Waals surface area contributed by atoms with E-state index in [1.807, 2.05) is 0 Å². The fraction of sp³-hybridized carbons (Fsp3) is 0.429. The van der Waals surface area contributed by atoms with Crippen LogP contribution in [-0.2, 0) is 4.74 Å². The zero-order valence-electron chi connectivity index (χ0n) is 10.6. The molecule has 6 heteroatoms. The minimum Gasteiger partial charge on any atom is -0.462 e. The molecule has 1 aliphatic rings. The van der Waals surface area contributed by atoms with Gasteiger partial charge in [-0.15, -0.1) is 6.42 Å². The number of terminal acetylenes is 1. The Kier molecular flexibility index (Phi) is 4.60. The van der Waals surface area contributed by atoms with Gasteiger partial charge in [0.2, 0.25) is 6.29 Å². The van der Waals surface area contributed by atoms with Crippen LogP contribution in [0.2, 0.25) is 0 Å². The second kappa shape index (κ2) is 6.22. The molecule has 0 aromatic heterocycles. The molecular weight excluding hydrogens is 264 g/mol. The van der Waals surface area contributed by atoms with Gasteiger partial charge < -0.3 is 29.9 Å². The smallest absolute Gasteiger partial charge is 0.229 e. The van der Waals surface area contributed by atoms with Gasteiger partial charge in [-0.2, -0.15) is 0 Å². The Balaban J connectivity index is 2.09. The van der Waals surface area contributed by atoms with Crippen LogP contribution in [0.4, 0.5) is 0 Å². The summed E-state index contributed by atoms with van der Waals surface area (Å²) in [6.07, 6.45) is -1.25. The number of aliphatic hydroxyl groups is 4. The molecule has 6 nitrogen and oxygen atoms in total. The average molecular weight is 280 g/mol. The minimum atomic E-state index is -1.46. The summed E-state index contributed by atoms with van der Waals surface area (Å²) in [4.78, 5) is 0. The fourth-order valence-electron chi connectivity index (χ4n) is 1.93. The molecule has 0 aliphatic carbocycles. The summed E-state index contributed by atoms with van der Waals surface area (Å²) in [5.41, 5.74) is 0.672. The van der Waals surface area contributed by atoms with E-state index in [-0.39, 0.29) is 0 Å². The zero-order valence-corrected chi connectivity index (χ0v) is 10.6. The monoisotopic (exact) mass is 280 g/mol. The molecule has 0 spiro atoms. The number of hydrogen-bond donors (Lipinski definition) is 4. The molecule has 1 aromatic carbocycles. The van der Waals surface area contributed by atoms with Gasteiger partial charge in [0.25, 0.3) is 0 Å². The van der Waals surface area contributed by atoms with E-state index in [2.05, 4.69) is 5.92 Å². The molecule has 0 saturated carbocycles. The van der Waals surface area contributed by atoms with Crippen molar-refractivity contribution in [3.63, 3.8) is 0 Å². The molecular formula is C14H16O6. The standard InChI is InChI=1S/C14H16O6/c1-2-8-3-5-9(6-4-8)19-14-13(18)12(17)11(16)10(7-15)20-14/h1,3-6,10-18H,7H2/t10-,11-,12+,13-,14-/m1/s1. The van der Waals surface area contributed by atoms with Crippen molar-refractivity contribution in [2.24, 2.45) is 0 Å². The number of benzene rings is 1. The van der Waals surface area contributed by atoms with Crippen LogP contribution in [0, 0.1) is 12.3 Å². The predicted molar refractivity (Wildman–Crippen MR) is 68.8 cm³/mol. The van der Waals surface area contributed by atoms with E-state index in [1.165, 1.54) is 0 Å². The van der Waals surface area contributed by atoms with Crippen molar-refractivity contribution in [2.75, 3.05) is 6.61 Å². The molecule has 5 atom stereocenters. The van der Waals surface area contributed by atoms with Crippen LogP contribution in [0.1, 0.15) is 5.56 Å². The number of aliphatic hydroxyl groups excluding tert-OH is 4. The van der Waals surface area contributed by atoms with E-state index >= 15 is 0 Å². The third kappa shape index (κ3) is 2.93. The Hall–Kier alpha value is -1.62. The maximum Gasteiger partial charge on any atom is 0.229 e. The number of hydrogen-bond acceptors (Lipinski definition) is 6. The molecule has 1 aliphatic heterocycles. The van der Waals surface area contributed by atoms with Gasteiger partial charge in [0.1, 0.15) is 30.2 Å². The van der Waals surface area contributed by atoms with Gasteiger partial charge in [0, 0.05) is 5.56 Å². The zero-order chi connectivity index (χ0) is 14.7. The molecule has 1 heterocycles. The maximum absolute atomic E-state index is 9.81. The normalized spacial score (nSPS) is 33.5. The first kappa shape index (κ1) is 14.8. The number of ether oxygens (including phenoxy) is 2. The topological polar surface area (TPSA) is 99.4 Å². The Labute approximate surface area is 116 Å². The summed E-state index contributed by atoms with van der Waals surface area (Å²) in [6, 6.07) is 6.49. The van der Waals surface area contributed by atoms with Gasteiger partial charge in [0.15, 0.2) is 0 Å². The van der Waals surface area contributed by atoms with Crippen LogP contribution in [0.3, 0.4) is 0 Å². The third-order valence-corrected chi connectivity index (χ3v) is 3.12. The van der Waals surface area contributed by atoms with Crippen molar-refractivity contribution < 1.29 is 29.9 Å². The molecule has 0 amide bonds. The lowest BCUT2D eigenvalue weighted by atomic mass is 9.99. The molecule has 4 N–H and O–H groups in total. The van der Waals surface area contributed by atoms with E-state index in [0.29, 0.717) is 11.3 Å². The van der Waals surface area contributed by atoms with Crippen LogP contribution in [0.25, 0.3) is 0 Å². The molecule has 1 saturated heterocycles. The molecule has 108 valence electrons. The van der Waals surface area contributed by atoms with Crippen LogP contribution < -0.4 is 4.74 Å². The Morgan fingerprint density at radius 1 is 1.10 bits per heavy atom. The second-order valence-corrected chi connectivity index (χ2v) is 4.48. The van der Waals surface area contributed by atoms with Crippen LogP contribution in [-0.4, -0.2) is 57.7 Å². The van der Waals surface area contributed by atoms with Crippen LogP contribution in [0.5, 0.6) is 5.75 Å². The lowest BCUT2D eigenvalue weighted by molar-refractivity contribution is -0.277. The first-order chi connectivity index (χ1) is 9.56. The van der Waals surface area contributed by atoms with Gasteiger partial charge >= 0.3 is 0 Å². The summed E-state index contributed by atoms with van der Waals surface area (Å²) in [7, 11) is 0. The highest BCUT2D eigenvalue weighted by Gasteiger charge is 2.44. The molecule has 1 aromatic rings. The first-order valence-corrected chi connectivity index (χ1v) is 6.10. The summed E-state index contributed by atoms with van der Waals surface area (Å²) >= 11 is 0. The number of rotatable bonds is 3. The quantitative estimate of drug-likeness (QED) is 0.522. The van der Waals surface area contributed by atoms with Crippen LogP contribution in [0.15, 0.2) is 24.3 Å². The summed E-state index contributed by atoms with van der Waals surface area (Å²) in [5, 5.41) is 38.1. The largest absolute Gasteiger partial charge is 0.462 e. The molecule has 1 fully saturated rings. The lowest BCUT2D eigenvalue weighted by Gasteiger charge is -2.39. The first-order valence-electron chi connectivity index (χ1n) is 6.10. The van der Waals surface area contributed by atoms with Gasteiger partial charge in [-0.25, -0.2) is 0 Å². The van der Waals surface area contributed by atoms with E-state index < -0.39 is 37.3 Å². The van der Waals surface area contributed by atoms with Crippen molar-refractivity contribution in [3.8, 4) is 18.1 Å². The van der Waals surface area contributed by atoms with E-state index in [9.17, 15) is 15.3 Å². The molecule has 2 rings (SSSR count). The highest BCUT2D eigenvalue weighted by atomic mass is 16.7. The van der Waals surface area contributed by atoms with E-state index in [0.717, 1.165) is 0 Å². The van der Waals surface area contributed by atoms with Crippen molar-refractivity contribution >= 4 is 0 Å². The Bertz CT molecular complexity index is 477. The Morgan fingerprint density at radius 2 is 1.75 bits per heavy atom. The van der Waals surface area contributed by atoms with Gasteiger partial charge in [0.05, 0.1) is 6.61 Å². The summed E-state index contributed by atoms with van der Waals surface area (Å²) in [5.74, 6) is 2.84. The van der Waals surface area contributed by atoms with E-state index in [4.69, 9.17) is 21.0 Å². The summed E-state index contributed by atoms with van der Waals surface area (Å²) in [6.45, 7) is -0.499. The van der Waals surface area contributed by atoms with E-state index in [1.54, 1.807) is 24.3 Å². The molecule has 0 radical (unpaired) electrons. The van der Waals surface area contributed by atoms with Gasteiger partial charge in [-0.3, -0.25) is 0 Å². The molecule has 0 unspecified atom stereocenters. The van der Waals surface area contributed by atoms with Gasteiger partial charge in [-0.05, 0) is 24.3 Å². The average Bonchev–Trinajstić information content (AvgIpc) is 2.48. The van der Waals surface area contributed by atoms with Crippen molar-refractivity contribution in [1.29, 1.82) is 0 Å².